The van der Waals surface area contributed by atoms with Gasteiger partial charge in [-0.25, -0.2) is 10.4 Å². The van der Waals surface area contributed by atoms with Crippen molar-refractivity contribution in [3.05, 3.63) is 52.6 Å². The molecule has 94 valence electrons. The Morgan fingerprint density at radius 2 is 2.11 bits per heavy atom. The van der Waals surface area contributed by atoms with Crippen LogP contribution in [0, 0.1) is 0 Å². The van der Waals surface area contributed by atoms with Gasteiger partial charge < -0.3 is 9.97 Å². The van der Waals surface area contributed by atoms with Crippen LogP contribution in [0.5, 0.6) is 0 Å². The highest BCUT2D eigenvalue weighted by Crippen LogP contribution is 2.06. The van der Waals surface area contributed by atoms with Crippen molar-refractivity contribution in [2.24, 2.45) is 5.10 Å². The number of imidazole rings is 1. The van der Waals surface area contributed by atoms with Crippen LogP contribution in [0.4, 0.5) is 5.95 Å². The molecule has 0 aliphatic carbocycles. The average molecular weight is 254 g/mol. The van der Waals surface area contributed by atoms with E-state index in [1.807, 2.05) is 30.3 Å². The van der Waals surface area contributed by atoms with Crippen molar-refractivity contribution in [1.29, 1.82) is 0 Å². The summed E-state index contributed by atoms with van der Waals surface area (Å²) in [7, 11) is 0. The third-order valence-electron chi connectivity index (χ3n) is 2.48. The van der Waals surface area contributed by atoms with E-state index in [9.17, 15) is 4.79 Å². The molecule has 3 N–H and O–H groups in total. The zero-order valence-corrected chi connectivity index (χ0v) is 9.79. The van der Waals surface area contributed by atoms with Crippen LogP contribution in [0.1, 0.15) is 5.56 Å². The molecule has 0 spiro atoms. The summed E-state index contributed by atoms with van der Waals surface area (Å²) < 4.78 is 0. The summed E-state index contributed by atoms with van der Waals surface area (Å²) in [6.45, 7) is 0. The second-order valence-corrected chi connectivity index (χ2v) is 3.80. The Bertz CT molecular complexity index is 774. The third-order valence-corrected chi connectivity index (χ3v) is 2.48. The van der Waals surface area contributed by atoms with Crippen molar-refractivity contribution >= 4 is 23.3 Å². The Morgan fingerprint density at radius 3 is 2.89 bits per heavy atom. The van der Waals surface area contributed by atoms with Gasteiger partial charge in [-0.15, -0.1) is 0 Å². The Balaban J connectivity index is 1.81. The lowest BCUT2D eigenvalue weighted by atomic mass is 10.2. The molecule has 0 saturated heterocycles. The van der Waals surface area contributed by atoms with Crippen LogP contribution < -0.4 is 11.0 Å². The maximum atomic E-state index is 11.5. The first-order valence-electron chi connectivity index (χ1n) is 5.60. The van der Waals surface area contributed by atoms with Gasteiger partial charge in [-0.2, -0.15) is 10.1 Å². The largest absolute Gasteiger partial charge is 0.317 e. The van der Waals surface area contributed by atoms with Gasteiger partial charge in [0.25, 0.3) is 5.56 Å². The van der Waals surface area contributed by atoms with Gasteiger partial charge in [0, 0.05) is 0 Å². The van der Waals surface area contributed by atoms with E-state index in [1.165, 1.54) is 6.33 Å². The topological polar surface area (TPSA) is 98.8 Å². The molecule has 0 aliphatic rings. The first-order valence-corrected chi connectivity index (χ1v) is 5.60. The Kier molecular flexibility index (Phi) is 2.77. The predicted molar refractivity (Wildman–Crippen MR) is 72.2 cm³/mol. The highest BCUT2D eigenvalue weighted by Gasteiger charge is 2.05. The minimum absolute atomic E-state index is 0.266. The smallest absolute Gasteiger partial charge is 0.276 e. The molecule has 3 rings (SSSR count). The molecule has 2 aromatic heterocycles. The number of nitrogens with one attached hydrogen (secondary N) is 3. The molecule has 0 fully saturated rings. The van der Waals surface area contributed by atoms with Gasteiger partial charge >= 0.3 is 0 Å². The molecule has 0 bridgehead atoms. The van der Waals surface area contributed by atoms with E-state index in [1.54, 1.807) is 6.21 Å². The van der Waals surface area contributed by atoms with Crippen molar-refractivity contribution in [2.75, 3.05) is 5.43 Å². The fraction of sp³-hybridized carbons (Fsp3) is 0. The molecule has 1 aromatic carbocycles. The lowest BCUT2D eigenvalue weighted by Crippen LogP contribution is -2.05. The SMILES string of the molecule is O=c1[nH]cnc2nc(N/N=C\c3ccccc3)[nH]c12. The van der Waals surface area contributed by atoms with Crippen LogP contribution >= 0.6 is 0 Å². The number of aromatic amines is 2. The minimum atomic E-state index is -0.266. The molecule has 7 heteroatoms. The molecule has 0 unspecified atom stereocenters. The van der Waals surface area contributed by atoms with Crippen molar-refractivity contribution in [3.63, 3.8) is 0 Å². The molecule has 19 heavy (non-hydrogen) atoms. The van der Waals surface area contributed by atoms with Crippen LogP contribution in [0.2, 0.25) is 0 Å². The van der Waals surface area contributed by atoms with Crippen molar-refractivity contribution in [1.82, 2.24) is 19.9 Å². The molecule has 3 aromatic rings. The summed E-state index contributed by atoms with van der Waals surface area (Å²) in [5.41, 5.74) is 4.08. The normalized spacial score (nSPS) is 11.2. The molecule has 0 saturated carbocycles. The number of hydrogen-bond donors (Lipinski definition) is 3. The molecular formula is C12H10N6O. The Morgan fingerprint density at radius 1 is 1.26 bits per heavy atom. The fourth-order valence-corrected chi connectivity index (χ4v) is 1.60. The summed E-state index contributed by atoms with van der Waals surface area (Å²) in [6.07, 6.45) is 2.97. The van der Waals surface area contributed by atoms with Crippen LogP contribution in [-0.4, -0.2) is 26.2 Å². The molecular weight excluding hydrogens is 244 g/mol. The maximum Gasteiger partial charge on any atom is 0.276 e. The molecule has 7 nitrogen and oxygen atoms in total. The van der Waals surface area contributed by atoms with Gasteiger partial charge in [-0.05, 0) is 5.56 Å². The van der Waals surface area contributed by atoms with Gasteiger partial charge in [-0.1, -0.05) is 30.3 Å². The van der Waals surface area contributed by atoms with E-state index in [0.29, 0.717) is 17.1 Å². The van der Waals surface area contributed by atoms with Gasteiger partial charge in [-0.3, -0.25) is 4.79 Å². The zero-order valence-electron chi connectivity index (χ0n) is 9.79. The number of hydrogen-bond acceptors (Lipinski definition) is 5. The second-order valence-electron chi connectivity index (χ2n) is 3.80. The first-order chi connectivity index (χ1) is 9.33. The van der Waals surface area contributed by atoms with Crippen LogP contribution in [0.25, 0.3) is 11.2 Å². The van der Waals surface area contributed by atoms with Gasteiger partial charge in [0.15, 0.2) is 11.2 Å². The molecule has 0 amide bonds. The molecule has 0 atom stereocenters. The second kappa shape index (κ2) is 4.73. The fourth-order valence-electron chi connectivity index (χ4n) is 1.60. The van der Waals surface area contributed by atoms with E-state index in [-0.39, 0.29) is 5.56 Å². The van der Waals surface area contributed by atoms with E-state index < -0.39 is 0 Å². The van der Waals surface area contributed by atoms with Crippen LogP contribution in [0.3, 0.4) is 0 Å². The van der Waals surface area contributed by atoms with Crippen molar-refractivity contribution in [3.8, 4) is 0 Å². The van der Waals surface area contributed by atoms with E-state index >= 15 is 0 Å². The number of benzene rings is 1. The summed E-state index contributed by atoms with van der Waals surface area (Å²) in [5, 5.41) is 4.03. The lowest BCUT2D eigenvalue weighted by Gasteiger charge is -1.93. The predicted octanol–water partition coefficient (Wildman–Crippen LogP) is 1.09. The lowest BCUT2D eigenvalue weighted by molar-refractivity contribution is 1.15. The molecule has 0 aliphatic heterocycles. The summed E-state index contributed by atoms with van der Waals surface area (Å²) in [6, 6.07) is 9.63. The van der Waals surface area contributed by atoms with Crippen molar-refractivity contribution < 1.29 is 0 Å². The third kappa shape index (κ3) is 2.34. The van der Waals surface area contributed by atoms with Gasteiger partial charge in [0.2, 0.25) is 5.95 Å². The van der Waals surface area contributed by atoms with E-state index in [2.05, 4.69) is 30.5 Å². The number of fused-ring (bicyclic) bond motifs is 1. The van der Waals surface area contributed by atoms with Gasteiger partial charge in [0.1, 0.15) is 0 Å². The summed E-state index contributed by atoms with van der Waals surface area (Å²) >= 11 is 0. The van der Waals surface area contributed by atoms with E-state index in [4.69, 9.17) is 0 Å². The Labute approximate surface area is 107 Å². The quantitative estimate of drug-likeness (QED) is 0.481. The zero-order chi connectivity index (χ0) is 13.1. The van der Waals surface area contributed by atoms with Crippen LogP contribution in [-0.2, 0) is 0 Å². The Hall–Kier alpha value is -2.96. The number of rotatable bonds is 3. The van der Waals surface area contributed by atoms with Crippen LogP contribution in [0.15, 0.2) is 46.6 Å². The summed E-state index contributed by atoms with van der Waals surface area (Å²) in [5.74, 6) is 0.367. The maximum absolute atomic E-state index is 11.5. The highest BCUT2D eigenvalue weighted by molar-refractivity contribution is 5.80. The first kappa shape index (κ1) is 11.1. The van der Waals surface area contributed by atoms with E-state index in [0.717, 1.165) is 5.56 Å². The number of hydrazone groups is 1. The number of H-pyrrole nitrogens is 2. The monoisotopic (exact) mass is 254 g/mol. The molecule has 2 heterocycles. The standard InChI is InChI=1S/C12H10N6O/c19-11-9-10(13-7-14-11)17-12(16-9)18-15-6-8-4-2-1-3-5-8/h1-7H,(H3,13,14,16,17,18,19)/b15-6-. The summed E-state index contributed by atoms with van der Waals surface area (Å²) in [4.78, 5) is 24.8. The van der Waals surface area contributed by atoms with Gasteiger partial charge in [0.05, 0.1) is 12.5 Å². The average Bonchev–Trinajstić information content (AvgIpc) is 2.84. The van der Waals surface area contributed by atoms with Crippen molar-refractivity contribution in [2.45, 2.75) is 0 Å². The minimum Gasteiger partial charge on any atom is -0.317 e. The number of nitrogens with zero attached hydrogens (tertiary/aromatic N) is 3. The number of aromatic nitrogens is 4. The highest BCUT2D eigenvalue weighted by atomic mass is 16.1. The molecule has 0 radical (unpaired) electrons. The number of anilines is 1.